The lowest BCUT2D eigenvalue weighted by Crippen LogP contribution is -2.33. The molecule has 4 rings (SSSR count). The molecule has 0 bridgehead atoms. The van der Waals surface area contributed by atoms with Crippen LogP contribution in [0.25, 0.3) is 0 Å². The van der Waals surface area contributed by atoms with Crippen LogP contribution < -0.4 is 0 Å². The highest BCUT2D eigenvalue weighted by Crippen LogP contribution is 2.20. The Labute approximate surface area is 146 Å². The number of hydrogen-bond donors (Lipinski definition) is 0. The maximum Gasteiger partial charge on any atom is 0.0236 e. The van der Waals surface area contributed by atoms with Gasteiger partial charge in [-0.1, -0.05) is 48.5 Å². The van der Waals surface area contributed by atoms with E-state index in [4.69, 9.17) is 0 Å². The van der Waals surface area contributed by atoms with Crippen molar-refractivity contribution < 1.29 is 0 Å². The number of fused-ring (bicyclic) bond motifs is 2. The van der Waals surface area contributed by atoms with Crippen molar-refractivity contribution >= 4 is 0 Å². The van der Waals surface area contributed by atoms with Crippen molar-refractivity contribution in [2.24, 2.45) is 0 Å². The fourth-order valence-electron chi connectivity index (χ4n) is 4.16. The summed E-state index contributed by atoms with van der Waals surface area (Å²) in [4.78, 5) is 5.27. The normalized spacial score (nSPS) is 18.2. The minimum atomic E-state index is 1.15. The molecule has 0 aliphatic carbocycles. The van der Waals surface area contributed by atoms with Gasteiger partial charge in [-0.05, 0) is 61.0 Å². The van der Waals surface area contributed by atoms with Gasteiger partial charge in [-0.25, -0.2) is 0 Å². The molecular formula is C22H28N2. The van der Waals surface area contributed by atoms with E-state index in [1.807, 2.05) is 0 Å². The molecule has 0 amide bonds. The van der Waals surface area contributed by atoms with Crippen LogP contribution in [0.4, 0.5) is 0 Å². The third-order valence-corrected chi connectivity index (χ3v) is 5.62. The van der Waals surface area contributed by atoms with Crippen LogP contribution in [-0.2, 0) is 25.9 Å². The van der Waals surface area contributed by atoms with E-state index < -0.39 is 0 Å². The highest BCUT2D eigenvalue weighted by molar-refractivity contribution is 5.29. The molecule has 2 aliphatic heterocycles. The zero-order valence-electron chi connectivity index (χ0n) is 14.6. The average Bonchev–Trinajstić information content (AvgIpc) is 2.65. The molecule has 2 heteroatoms. The molecule has 2 aliphatic rings. The molecule has 0 spiro atoms. The van der Waals surface area contributed by atoms with Crippen LogP contribution >= 0.6 is 0 Å². The highest BCUT2D eigenvalue weighted by Gasteiger charge is 2.17. The lowest BCUT2D eigenvalue weighted by molar-refractivity contribution is 0.222. The molecule has 2 nitrogen and oxygen atoms in total. The number of rotatable bonds is 5. The summed E-state index contributed by atoms with van der Waals surface area (Å²) in [5.74, 6) is 0. The first kappa shape index (κ1) is 15.9. The zero-order chi connectivity index (χ0) is 16.2. The highest BCUT2D eigenvalue weighted by atomic mass is 15.1. The Morgan fingerprint density at radius 1 is 0.583 bits per heavy atom. The maximum atomic E-state index is 2.63. The molecule has 0 N–H and O–H groups in total. The van der Waals surface area contributed by atoms with Gasteiger partial charge < -0.3 is 0 Å². The molecule has 2 aromatic carbocycles. The molecule has 0 atom stereocenters. The number of unbranched alkanes of at least 4 members (excludes halogenated alkanes) is 1. The van der Waals surface area contributed by atoms with Crippen molar-refractivity contribution in [2.75, 3.05) is 26.2 Å². The van der Waals surface area contributed by atoms with E-state index in [1.165, 1.54) is 63.0 Å². The molecule has 2 aromatic rings. The van der Waals surface area contributed by atoms with Crippen molar-refractivity contribution in [3.8, 4) is 0 Å². The van der Waals surface area contributed by atoms with E-state index in [-0.39, 0.29) is 0 Å². The quantitative estimate of drug-likeness (QED) is 0.771. The topological polar surface area (TPSA) is 6.48 Å². The minimum Gasteiger partial charge on any atom is -0.299 e. The predicted octanol–water partition coefficient (Wildman–Crippen LogP) is 3.88. The Balaban J connectivity index is 1.19. The second kappa shape index (κ2) is 7.50. The van der Waals surface area contributed by atoms with Crippen molar-refractivity contribution in [1.29, 1.82) is 0 Å². The van der Waals surface area contributed by atoms with Crippen molar-refractivity contribution in [3.05, 3.63) is 70.8 Å². The van der Waals surface area contributed by atoms with Gasteiger partial charge >= 0.3 is 0 Å². The summed E-state index contributed by atoms with van der Waals surface area (Å²) in [7, 11) is 0. The maximum absolute atomic E-state index is 2.63. The van der Waals surface area contributed by atoms with Crippen LogP contribution in [0.3, 0.4) is 0 Å². The molecule has 126 valence electrons. The van der Waals surface area contributed by atoms with E-state index in [2.05, 4.69) is 58.3 Å². The van der Waals surface area contributed by atoms with Gasteiger partial charge in [-0.15, -0.1) is 0 Å². The van der Waals surface area contributed by atoms with Crippen molar-refractivity contribution in [3.63, 3.8) is 0 Å². The van der Waals surface area contributed by atoms with Gasteiger partial charge in [0.05, 0.1) is 0 Å². The van der Waals surface area contributed by atoms with Crippen LogP contribution in [-0.4, -0.2) is 36.0 Å². The second-order valence-electron chi connectivity index (χ2n) is 7.30. The lowest BCUT2D eigenvalue weighted by Gasteiger charge is -2.30. The van der Waals surface area contributed by atoms with Crippen LogP contribution in [0, 0.1) is 0 Å². The zero-order valence-corrected chi connectivity index (χ0v) is 14.6. The Morgan fingerprint density at radius 2 is 1.00 bits per heavy atom. The van der Waals surface area contributed by atoms with Crippen LogP contribution in [0.5, 0.6) is 0 Å². The predicted molar refractivity (Wildman–Crippen MR) is 100 cm³/mol. The summed E-state index contributed by atoms with van der Waals surface area (Å²) in [6.07, 6.45) is 5.08. The first-order chi connectivity index (χ1) is 11.9. The van der Waals surface area contributed by atoms with Crippen LogP contribution in [0.15, 0.2) is 48.5 Å². The Hall–Kier alpha value is -1.64. The molecule has 0 saturated carbocycles. The second-order valence-corrected chi connectivity index (χ2v) is 7.30. The van der Waals surface area contributed by atoms with E-state index in [0.29, 0.717) is 0 Å². The first-order valence-corrected chi connectivity index (χ1v) is 9.47. The summed E-state index contributed by atoms with van der Waals surface area (Å²) in [6.45, 7) is 7.25. The average molecular weight is 320 g/mol. The first-order valence-electron chi connectivity index (χ1n) is 9.47. The lowest BCUT2D eigenvalue weighted by atomic mass is 9.99. The molecule has 0 radical (unpaired) electrons. The van der Waals surface area contributed by atoms with E-state index in [9.17, 15) is 0 Å². The Kier molecular flexibility index (Phi) is 4.96. The number of hydrogen-bond acceptors (Lipinski definition) is 2. The molecule has 24 heavy (non-hydrogen) atoms. The summed E-state index contributed by atoms with van der Waals surface area (Å²) in [6, 6.07) is 17.9. The SMILES string of the molecule is c1ccc2c(c1)CCN(CCCCN1CCc3ccccc3C1)C2. The fourth-order valence-corrected chi connectivity index (χ4v) is 4.16. The molecule has 2 heterocycles. The molecule has 0 aromatic heterocycles. The monoisotopic (exact) mass is 320 g/mol. The Morgan fingerprint density at radius 3 is 1.46 bits per heavy atom. The van der Waals surface area contributed by atoms with E-state index in [1.54, 1.807) is 11.1 Å². The molecule has 0 fully saturated rings. The summed E-state index contributed by atoms with van der Waals surface area (Å²) in [5, 5.41) is 0. The fraction of sp³-hybridized carbons (Fsp3) is 0.455. The number of nitrogens with zero attached hydrogens (tertiary/aromatic N) is 2. The van der Waals surface area contributed by atoms with Crippen LogP contribution in [0.1, 0.15) is 35.1 Å². The molecule has 0 saturated heterocycles. The minimum absolute atomic E-state index is 1.15. The standard InChI is InChI=1S/C22H28N2/c1-3-9-21-17-23(15-11-19(21)7-1)13-5-6-14-24-16-12-20-8-2-4-10-22(20)18-24/h1-4,7-10H,5-6,11-18H2. The number of benzene rings is 2. The molecule has 0 unspecified atom stereocenters. The van der Waals surface area contributed by atoms with Crippen molar-refractivity contribution in [2.45, 2.75) is 38.8 Å². The van der Waals surface area contributed by atoms with Gasteiger partial charge in [0.15, 0.2) is 0 Å². The smallest absolute Gasteiger partial charge is 0.0236 e. The van der Waals surface area contributed by atoms with Gasteiger partial charge in [-0.2, -0.15) is 0 Å². The van der Waals surface area contributed by atoms with Gasteiger partial charge in [0.25, 0.3) is 0 Å². The van der Waals surface area contributed by atoms with Crippen molar-refractivity contribution in [1.82, 2.24) is 9.80 Å². The van der Waals surface area contributed by atoms with E-state index in [0.717, 1.165) is 13.1 Å². The largest absolute Gasteiger partial charge is 0.299 e. The summed E-state index contributed by atoms with van der Waals surface area (Å²) >= 11 is 0. The summed E-state index contributed by atoms with van der Waals surface area (Å²) in [5.41, 5.74) is 6.19. The molecular weight excluding hydrogens is 292 g/mol. The van der Waals surface area contributed by atoms with Gasteiger partial charge in [0, 0.05) is 26.2 Å². The third kappa shape index (κ3) is 3.71. The van der Waals surface area contributed by atoms with Crippen LogP contribution in [0.2, 0.25) is 0 Å². The van der Waals surface area contributed by atoms with Gasteiger partial charge in [0.1, 0.15) is 0 Å². The van der Waals surface area contributed by atoms with Gasteiger partial charge in [-0.3, -0.25) is 9.80 Å². The van der Waals surface area contributed by atoms with Gasteiger partial charge in [0.2, 0.25) is 0 Å². The van der Waals surface area contributed by atoms with E-state index >= 15 is 0 Å². The Bertz CT molecular complexity index is 620. The summed E-state index contributed by atoms with van der Waals surface area (Å²) < 4.78 is 0. The third-order valence-electron chi connectivity index (χ3n) is 5.62.